The van der Waals surface area contributed by atoms with Gasteiger partial charge in [-0.1, -0.05) is 17.7 Å². The Balaban J connectivity index is 1.60. The summed E-state index contributed by atoms with van der Waals surface area (Å²) in [6, 6.07) is 16.4. The van der Waals surface area contributed by atoms with Gasteiger partial charge in [0.25, 0.3) is 17.7 Å². The Morgan fingerprint density at radius 1 is 1.00 bits per heavy atom. The average Bonchev–Trinajstić information content (AvgIpc) is 3.02. The molecule has 1 heterocycles. The van der Waals surface area contributed by atoms with Crippen molar-refractivity contribution >= 4 is 40.7 Å². The number of halogens is 1. The molecule has 1 aliphatic rings. The highest BCUT2D eigenvalue weighted by Gasteiger charge is 2.37. The summed E-state index contributed by atoms with van der Waals surface area (Å²) in [4.78, 5) is 39.6. The summed E-state index contributed by atoms with van der Waals surface area (Å²) in [5.74, 6) is -0.648. The molecule has 4 rings (SSSR count). The monoisotopic (exact) mass is 434 g/mol. The van der Waals surface area contributed by atoms with Gasteiger partial charge in [0.05, 0.1) is 23.4 Å². The highest BCUT2D eigenvalue weighted by atomic mass is 35.5. The molecular weight excluding hydrogens is 416 g/mol. The van der Waals surface area contributed by atoms with Gasteiger partial charge in [-0.15, -0.1) is 0 Å². The van der Waals surface area contributed by atoms with Crippen LogP contribution in [0.4, 0.5) is 11.4 Å². The predicted molar refractivity (Wildman–Crippen MR) is 119 cm³/mol. The summed E-state index contributed by atoms with van der Waals surface area (Å²) >= 11 is 6.11. The Hall–Kier alpha value is -3.64. The van der Waals surface area contributed by atoms with Crippen LogP contribution in [0.15, 0.2) is 60.7 Å². The van der Waals surface area contributed by atoms with Crippen molar-refractivity contribution in [2.45, 2.75) is 13.8 Å². The molecule has 6 nitrogen and oxygen atoms in total. The van der Waals surface area contributed by atoms with E-state index in [0.717, 1.165) is 10.5 Å². The first-order valence-corrected chi connectivity index (χ1v) is 10.1. The van der Waals surface area contributed by atoms with Crippen LogP contribution in [0.5, 0.6) is 5.75 Å². The minimum absolute atomic E-state index is 0.189. The molecule has 1 aliphatic heterocycles. The Labute approximate surface area is 184 Å². The van der Waals surface area contributed by atoms with E-state index in [1.807, 2.05) is 6.92 Å². The molecule has 0 fully saturated rings. The molecule has 0 saturated heterocycles. The van der Waals surface area contributed by atoms with Crippen molar-refractivity contribution in [2.75, 3.05) is 16.8 Å². The predicted octanol–water partition coefficient (Wildman–Crippen LogP) is 5.10. The zero-order chi connectivity index (χ0) is 22.1. The minimum Gasteiger partial charge on any atom is -0.494 e. The normalized spacial score (nSPS) is 12.7. The SMILES string of the molecule is CCOc1ccc(N2C(=O)c3ccc(C(=O)Nc4cccc(Cl)c4C)cc3C2=O)cc1. The van der Waals surface area contributed by atoms with Crippen LogP contribution in [0.1, 0.15) is 43.6 Å². The van der Waals surface area contributed by atoms with E-state index >= 15 is 0 Å². The summed E-state index contributed by atoms with van der Waals surface area (Å²) in [6.07, 6.45) is 0. The van der Waals surface area contributed by atoms with Crippen LogP contribution in [0.2, 0.25) is 5.02 Å². The summed E-state index contributed by atoms with van der Waals surface area (Å²) < 4.78 is 5.40. The molecule has 31 heavy (non-hydrogen) atoms. The second-order valence-electron chi connectivity index (χ2n) is 7.00. The van der Waals surface area contributed by atoms with Crippen LogP contribution in [0, 0.1) is 6.92 Å². The fourth-order valence-corrected chi connectivity index (χ4v) is 3.59. The van der Waals surface area contributed by atoms with Gasteiger partial charge in [-0.25, -0.2) is 4.90 Å². The lowest BCUT2D eigenvalue weighted by Crippen LogP contribution is -2.29. The van der Waals surface area contributed by atoms with Gasteiger partial charge >= 0.3 is 0 Å². The molecular formula is C24H19ClN2O4. The highest BCUT2D eigenvalue weighted by molar-refractivity contribution is 6.35. The Bertz CT molecular complexity index is 1200. The average molecular weight is 435 g/mol. The van der Waals surface area contributed by atoms with Crippen molar-refractivity contribution < 1.29 is 19.1 Å². The van der Waals surface area contributed by atoms with Gasteiger partial charge in [0.2, 0.25) is 0 Å². The van der Waals surface area contributed by atoms with Crippen molar-refractivity contribution in [1.29, 1.82) is 0 Å². The van der Waals surface area contributed by atoms with E-state index < -0.39 is 17.7 Å². The molecule has 3 aromatic rings. The molecule has 0 aromatic heterocycles. The number of hydrogen-bond acceptors (Lipinski definition) is 4. The molecule has 0 saturated carbocycles. The maximum atomic E-state index is 13.0. The van der Waals surface area contributed by atoms with Crippen LogP contribution >= 0.6 is 11.6 Å². The van der Waals surface area contributed by atoms with Gasteiger partial charge in [0, 0.05) is 16.3 Å². The number of benzene rings is 3. The van der Waals surface area contributed by atoms with Crippen molar-refractivity contribution in [2.24, 2.45) is 0 Å². The van der Waals surface area contributed by atoms with Crippen molar-refractivity contribution in [3.8, 4) is 5.75 Å². The van der Waals surface area contributed by atoms with Gasteiger partial charge in [-0.3, -0.25) is 14.4 Å². The van der Waals surface area contributed by atoms with Crippen molar-refractivity contribution in [1.82, 2.24) is 0 Å². The first kappa shape index (κ1) is 20.6. The number of anilines is 2. The van der Waals surface area contributed by atoms with Crippen molar-refractivity contribution in [3.63, 3.8) is 0 Å². The topological polar surface area (TPSA) is 75.7 Å². The third-order valence-corrected chi connectivity index (χ3v) is 5.48. The first-order valence-electron chi connectivity index (χ1n) is 9.73. The third kappa shape index (κ3) is 3.78. The molecule has 0 spiro atoms. The number of hydrogen-bond donors (Lipinski definition) is 1. The maximum Gasteiger partial charge on any atom is 0.266 e. The number of fused-ring (bicyclic) bond motifs is 1. The van der Waals surface area contributed by atoms with Gasteiger partial charge in [-0.05, 0) is 74.0 Å². The number of ether oxygens (including phenoxy) is 1. The van der Waals surface area contributed by atoms with Crippen LogP contribution < -0.4 is 15.0 Å². The minimum atomic E-state index is -0.474. The second kappa shape index (κ2) is 8.24. The highest BCUT2D eigenvalue weighted by Crippen LogP contribution is 2.31. The summed E-state index contributed by atoms with van der Waals surface area (Å²) in [5, 5.41) is 3.34. The number of imide groups is 1. The van der Waals surface area contributed by atoms with Crippen molar-refractivity contribution in [3.05, 3.63) is 87.9 Å². The van der Waals surface area contributed by atoms with Crippen LogP contribution in [0.25, 0.3) is 0 Å². The molecule has 0 unspecified atom stereocenters. The summed E-state index contributed by atoms with van der Waals surface area (Å²) in [6.45, 7) is 4.20. The fraction of sp³-hybridized carbons (Fsp3) is 0.125. The third-order valence-electron chi connectivity index (χ3n) is 5.07. The van der Waals surface area contributed by atoms with Gasteiger partial charge < -0.3 is 10.1 Å². The molecule has 3 aromatic carbocycles. The van der Waals surface area contributed by atoms with Crippen LogP contribution in [-0.4, -0.2) is 24.3 Å². The van der Waals surface area contributed by atoms with Gasteiger partial charge in [0.1, 0.15) is 5.75 Å². The van der Waals surface area contributed by atoms with Crippen LogP contribution in [-0.2, 0) is 0 Å². The molecule has 0 atom stereocenters. The molecule has 0 radical (unpaired) electrons. The first-order chi connectivity index (χ1) is 14.9. The number of amides is 3. The zero-order valence-electron chi connectivity index (χ0n) is 16.9. The standard InChI is InChI=1S/C24H19ClN2O4/c1-3-31-17-10-8-16(9-11-17)27-23(29)18-12-7-15(13-19(18)24(27)30)22(28)26-21-6-4-5-20(25)14(21)2/h4-13H,3H2,1-2H3,(H,26,28). The fourth-order valence-electron chi connectivity index (χ4n) is 3.41. The van der Waals surface area contributed by atoms with E-state index in [1.165, 1.54) is 18.2 Å². The number of rotatable bonds is 5. The lowest BCUT2D eigenvalue weighted by molar-refractivity contribution is 0.0925. The van der Waals surface area contributed by atoms with E-state index in [2.05, 4.69) is 5.32 Å². The Morgan fingerprint density at radius 2 is 1.71 bits per heavy atom. The van der Waals surface area contributed by atoms with E-state index in [4.69, 9.17) is 16.3 Å². The number of carbonyl (C=O) groups is 3. The molecule has 1 N–H and O–H groups in total. The van der Waals surface area contributed by atoms with E-state index in [1.54, 1.807) is 49.4 Å². The number of carbonyl (C=O) groups excluding carboxylic acids is 3. The van der Waals surface area contributed by atoms with E-state index in [9.17, 15) is 14.4 Å². The smallest absolute Gasteiger partial charge is 0.266 e. The molecule has 7 heteroatoms. The Kier molecular flexibility index (Phi) is 5.48. The lowest BCUT2D eigenvalue weighted by atomic mass is 10.0. The number of nitrogens with zero attached hydrogens (tertiary/aromatic N) is 1. The van der Waals surface area contributed by atoms with E-state index in [0.29, 0.717) is 28.8 Å². The summed E-state index contributed by atoms with van der Waals surface area (Å²) in [7, 11) is 0. The Morgan fingerprint density at radius 3 is 2.42 bits per heavy atom. The van der Waals surface area contributed by atoms with Gasteiger partial charge in [0.15, 0.2) is 0 Å². The van der Waals surface area contributed by atoms with Crippen LogP contribution in [0.3, 0.4) is 0 Å². The molecule has 156 valence electrons. The lowest BCUT2D eigenvalue weighted by Gasteiger charge is -2.14. The maximum absolute atomic E-state index is 13.0. The number of nitrogens with one attached hydrogen (secondary N) is 1. The molecule has 3 amide bonds. The second-order valence-corrected chi connectivity index (χ2v) is 7.41. The molecule has 0 aliphatic carbocycles. The van der Waals surface area contributed by atoms with E-state index in [-0.39, 0.29) is 16.7 Å². The zero-order valence-corrected chi connectivity index (χ0v) is 17.7. The quantitative estimate of drug-likeness (QED) is 0.567. The molecule has 0 bridgehead atoms. The van der Waals surface area contributed by atoms with Gasteiger partial charge in [-0.2, -0.15) is 0 Å². The largest absolute Gasteiger partial charge is 0.494 e. The summed E-state index contributed by atoms with van der Waals surface area (Å²) in [5.41, 5.74) is 2.48.